The van der Waals surface area contributed by atoms with E-state index in [1.54, 1.807) is 19.2 Å². The molecule has 0 aliphatic carbocycles. The maximum absolute atomic E-state index is 13.0. The molecule has 0 saturated carbocycles. The highest BCUT2D eigenvalue weighted by molar-refractivity contribution is 14.0. The number of hydrogen-bond donors (Lipinski definition) is 2. The van der Waals surface area contributed by atoms with Gasteiger partial charge in [-0.25, -0.2) is 4.39 Å². The number of fused-ring (bicyclic) bond motifs is 2. The SMILES string of the molecule is CN=C(NCC(C)Oc1ccc(F)cc1)NC1CC2CCCC(C1)N2C.I. The van der Waals surface area contributed by atoms with Crippen LogP contribution in [0.5, 0.6) is 5.75 Å². The minimum absolute atomic E-state index is 0. The molecule has 0 radical (unpaired) electrons. The van der Waals surface area contributed by atoms with Gasteiger partial charge in [-0.15, -0.1) is 24.0 Å². The zero-order valence-corrected chi connectivity index (χ0v) is 18.8. The van der Waals surface area contributed by atoms with Crippen molar-refractivity contribution in [3.63, 3.8) is 0 Å². The van der Waals surface area contributed by atoms with Gasteiger partial charge in [0.2, 0.25) is 0 Å². The predicted molar refractivity (Wildman–Crippen MR) is 119 cm³/mol. The summed E-state index contributed by atoms with van der Waals surface area (Å²) in [6, 6.07) is 7.98. The number of rotatable bonds is 5. The van der Waals surface area contributed by atoms with Crippen LogP contribution >= 0.6 is 24.0 Å². The van der Waals surface area contributed by atoms with E-state index in [0.29, 0.717) is 30.4 Å². The second-order valence-electron chi connectivity index (χ2n) is 7.55. The standard InChI is InChI=1S/C20H31FN4O.HI/c1-14(26-19-9-7-15(21)8-10-19)13-23-20(22-2)24-16-11-17-5-4-6-18(12-16)25(17)3;/h7-10,14,16-18H,4-6,11-13H2,1-3H3,(H2,22,23,24);1H. The molecule has 2 heterocycles. The van der Waals surface area contributed by atoms with Gasteiger partial charge in [0.05, 0.1) is 6.54 Å². The van der Waals surface area contributed by atoms with E-state index < -0.39 is 0 Å². The molecule has 2 aliphatic heterocycles. The van der Waals surface area contributed by atoms with Gasteiger partial charge in [0, 0.05) is 25.2 Å². The second kappa shape index (κ2) is 10.5. The lowest BCUT2D eigenvalue weighted by atomic mass is 9.82. The summed E-state index contributed by atoms with van der Waals surface area (Å²) in [5.41, 5.74) is 0. The average Bonchev–Trinajstić information content (AvgIpc) is 2.61. The summed E-state index contributed by atoms with van der Waals surface area (Å²) in [6.45, 7) is 2.63. The van der Waals surface area contributed by atoms with Gasteiger partial charge >= 0.3 is 0 Å². The van der Waals surface area contributed by atoms with Gasteiger partial charge in [0.25, 0.3) is 0 Å². The van der Waals surface area contributed by atoms with Crippen molar-refractivity contribution < 1.29 is 9.13 Å². The Morgan fingerprint density at radius 3 is 2.48 bits per heavy atom. The maximum Gasteiger partial charge on any atom is 0.191 e. The Hall–Kier alpha value is -1.09. The molecule has 7 heteroatoms. The van der Waals surface area contributed by atoms with Crippen LogP contribution in [-0.4, -0.2) is 55.7 Å². The average molecular weight is 490 g/mol. The number of halogens is 2. The van der Waals surface area contributed by atoms with Crippen molar-refractivity contribution in [1.29, 1.82) is 0 Å². The van der Waals surface area contributed by atoms with Gasteiger partial charge in [-0.2, -0.15) is 0 Å². The van der Waals surface area contributed by atoms with Crippen molar-refractivity contribution in [3.05, 3.63) is 30.1 Å². The Morgan fingerprint density at radius 1 is 1.26 bits per heavy atom. The van der Waals surface area contributed by atoms with E-state index in [1.807, 2.05) is 6.92 Å². The minimum Gasteiger partial charge on any atom is -0.489 e. The number of benzene rings is 1. The highest BCUT2D eigenvalue weighted by Crippen LogP contribution is 2.32. The van der Waals surface area contributed by atoms with Crippen LogP contribution in [0.25, 0.3) is 0 Å². The molecule has 2 aliphatic rings. The van der Waals surface area contributed by atoms with Crippen LogP contribution in [0, 0.1) is 5.82 Å². The minimum atomic E-state index is -0.254. The van der Waals surface area contributed by atoms with Crippen LogP contribution in [-0.2, 0) is 0 Å². The van der Waals surface area contributed by atoms with Crippen molar-refractivity contribution in [1.82, 2.24) is 15.5 Å². The van der Waals surface area contributed by atoms with E-state index in [-0.39, 0.29) is 35.9 Å². The second-order valence-corrected chi connectivity index (χ2v) is 7.55. The highest BCUT2D eigenvalue weighted by Gasteiger charge is 2.36. The first-order valence-electron chi connectivity index (χ1n) is 9.66. The summed E-state index contributed by atoms with van der Waals surface area (Å²) in [6.07, 6.45) is 6.28. The van der Waals surface area contributed by atoms with Crippen molar-refractivity contribution >= 4 is 29.9 Å². The third-order valence-electron chi connectivity index (χ3n) is 5.61. The number of ether oxygens (including phenoxy) is 1. The Bertz CT molecular complexity index is 599. The smallest absolute Gasteiger partial charge is 0.191 e. The predicted octanol–water partition coefficient (Wildman–Crippen LogP) is 3.39. The number of nitrogens with zero attached hydrogens (tertiary/aromatic N) is 2. The van der Waals surface area contributed by atoms with Crippen molar-refractivity contribution in [2.24, 2.45) is 4.99 Å². The lowest BCUT2D eigenvalue weighted by Crippen LogP contribution is -2.57. The summed E-state index contributed by atoms with van der Waals surface area (Å²) in [7, 11) is 4.07. The fourth-order valence-corrected chi connectivity index (χ4v) is 4.15. The van der Waals surface area contributed by atoms with Crippen LogP contribution in [0.15, 0.2) is 29.3 Å². The summed E-state index contributed by atoms with van der Waals surface area (Å²) < 4.78 is 18.8. The van der Waals surface area contributed by atoms with Crippen LogP contribution < -0.4 is 15.4 Å². The normalized spacial score (nSPS) is 26.7. The van der Waals surface area contributed by atoms with E-state index in [9.17, 15) is 4.39 Å². The molecule has 3 unspecified atom stereocenters. The molecule has 2 fully saturated rings. The maximum atomic E-state index is 13.0. The largest absolute Gasteiger partial charge is 0.489 e. The van der Waals surface area contributed by atoms with Gasteiger partial charge in [0.1, 0.15) is 17.7 Å². The van der Waals surface area contributed by atoms with Crippen LogP contribution in [0.4, 0.5) is 4.39 Å². The van der Waals surface area contributed by atoms with Gasteiger partial charge in [-0.1, -0.05) is 6.42 Å². The molecule has 3 rings (SSSR count). The zero-order valence-electron chi connectivity index (χ0n) is 16.5. The van der Waals surface area contributed by atoms with Crippen molar-refractivity contribution in [3.8, 4) is 5.75 Å². The highest BCUT2D eigenvalue weighted by atomic mass is 127. The number of hydrogen-bond acceptors (Lipinski definition) is 3. The first-order valence-corrected chi connectivity index (χ1v) is 9.66. The molecule has 1 aromatic rings. The summed E-state index contributed by atoms with van der Waals surface area (Å²) in [4.78, 5) is 6.93. The molecule has 2 bridgehead atoms. The Balaban J connectivity index is 0.00000261. The molecule has 2 saturated heterocycles. The van der Waals surface area contributed by atoms with Crippen LogP contribution in [0.2, 0.25) is 0 Å². The Kier molecular flexibility index (Phi) is 8.60. The van der Waals surface area contributed by atoms with E-state index in [1.165, 1.54) is 44.2 Å². The van der Waals surface area contributed by atoms with E-state index in [0.717, 1.165) is 5.96 Å². The third kappa shape index (κ3) is 6.20. The van der Waals surface area contributed by atoms with Gasteiger partial charge in [0.15, 0.2) is 5.96 Å². The summed E-state index contributed by atoms with van der Waals surface area (Å²) in [5, 5.41) is 6.94. The summed E-state index contributed by atoms with van der Waals surface area (Å²) >= 11 is 0. The molecule has 27 heavy (non-hydrogen) atoms. The van der Waals surface area contributed by atoms with E-state index in [4.69, 9.17) is 4.74 Å². The number of nitrogens with one attached hydrogen (secondary N) is 2. The molecule has 0 spiro atoms. The third-order valence-corrected chi connectivity index (χ3v) is 5.61. The Morgan fingerprint density at radius 2 is 1.89 bits per heavy atom. The number of guanidine groups is 1. The first kappa shape index (κ1) is 22.2. The first-order chi connectivity index (χ1) is 12.5. The van der Waals surface area contributed by atoms with E-state index in [2.05, 4.69) is 27.6 Å². The monoisotopic (exact) mass is 490 g/mol. The zero-order chi connectivity index (χ0) is 18.5. The van der Waals surface area contributed by atoms with Crippen molar-refractivity contribution in [2.75, 3.05) is 20.6 Å². The lowest BCUT2D eigenvalue weighted by molar-refractivity contribution is 0.0526. The molecule has 5 nitrogen and oxygen atoms in total. The molecule has 0 amide bonds. The van der Waals surface area contributed by atoms with E-state index >= 15 is 0 Å². The lowest BCUT2D eigenvalue weighted by Gasteiger charge is -2.47. The molecule has 2 N–H and O–H groups in total. The molecule has 1 aromatic carbocycles. The fraction of sp³-hybridized carbons (Fsp3) is 0.650. The van der Waals surface area contributed by atoms with Crippen LogP contribution in [0.3, 0.4) is 0 Å². The van der Waals surface area contributed by atoms with Crippen LogP contribution in [0.1, 0.15) is 39.0 Å². The Labute approximate surface area is 179 Å². The van der Waals surface area contributed by atoms with Gasteiger partial charge < -0.3 is 20.3 Å². The summed E-state index contributed by atoms with van der Waals surface area (Å²) in [5.74, 6) is 1.24. The van der Waals surface area contributed by atoms with Gasteiger partial charge in [-0.3, -0.25) is 4.99 Å². The topological polar surface area (TPSA) is 48.9 Å². The number of piperidine rings is 2. The molecule has 0 aromatic heterocycles. The molecular weight excluding hydrogens is 458 g/mol. The molecule has 3 atom stereocenters. The van der Waals surface area contributed by atoms with Crippen molar-refractivity contribution in [2.45, 2.75) is 63.3 Å². The molecular formula is C20H32FIN4O. The quantitative estimate of drug-likeness (QED) is 0.378. The fourth-order valence-electron chi connectivity index (χ4n) is 4.15. The molecule has 152 valence electrons. The van der Waals surface area contributed by atoms with Gasteiger partial charge in [-0.05, 0) is 63.9 Å². The number of aliphatic imine (C=N–C) groups is 1.